The van der Waals surface area contributed by atoms with Gasteiger partial charge >= 0.3 is 0 Å². The Kier molecular flexibility index (Phi) is 4.58. The molecule has 1 aliphatic heterocycles. The molecule has 130 valence electrons. The molecular formula is C20H18N4OS. The Morgan fingerprint density at radius 1 is 1.12 bits per heavy atom. The molecule has 0 saturated carbocycles. The second-order valence-electron chi connectivity index (χ2n) is 5.98. The van der Waals surface area contributed by atoms with Gasteiger partial charge < -0.3 is 10.3 Å². The highest BCUT2D eigenvalue weighted by Gasteiger charge is 2.28. The number of amidine groups is 1. The van der Waals surface area contributed by atoms with Crippen LogP contribution in [0.5, 0.6) is 0 Å². The van der Waals surface area contributed by atoms with E-state index in [-0.39, 0.29) is 11.2 Å². The van der Waals surface area contributed by atoms with Crippen molar-refractivity contribution in [3.63, 3.8) is 0 Å². The van der Waals surface area contributed by atoms with Crippen molar-refractivity contribution in [3.8, 4) is 11.3 Å². The number of para-hydroxylation sites is 1. The number of fused-ring (bicyclic) bond motifs is 1. The van der Waals surface area contributed by atoms with E-state index >= 15 is 0 Å². The summed E-state index contributed by atoms with van der Waals surface area (Å²) in [5, 5.41) is 12.8. The van der Waals surface area contributed by atoms with E-state index < -0.39 is 0 Å². The highest BCUT2D eigenvalue weighted by Crippen LogP contribution is 2.29. The minimum atomic E-state index is -0.0723. The van der Waals surface area contributed by atoms with Crippen LogP contribution >= 0.6 is 11.8 Å². The molecule has 6 heteroatoms. The summed E-state index contributed by atoms with van der Waals surface area (Å²) >= 11 is 1.43. The van der Waals surface area contributed by atoms with Crippen molar-refractivity contribution in [2.45, 2.75) is 18.6 Å². The SMILES string of the molecule is CCC1SC(=NN=Cc2c(-c3ccccc3)[nH]c3ccccc23)NC1=O. The first-order valence-electron chi connectivity index (χ1n) is 8.51. The van der Waals surface area contributed by atoms with Crippen LogP contribution in [-0.4, -0.2) is 27.5 Å². The van der Waals surface area contributed by atoms with E-state index in [1.165, 1.54) is 11.8 Å². The monoisotopic (exact) mass is 362 g/mol. The standard InChI is InChI=1S/C20H18N4OS/c1-2-17-19(25)23-20(26-17)24-21-12-15-14-10-6-7-11-16(14)22-18(15)13-8-4-3-5-9-13/h3-12,17,22H,2H2,1H3,(H,23,24,25). The number of nitrogens with zero attached hydrogens (tertiary/aromatic N) is 2. The molecule has 2 N–H and O–H groups in total. The summed E-state index contributed by atoms with van der Waals surface area (Å²) in [7, 11) is 0. The average Bonchev–Trinajstić information content (AvgIpc) is 3.23. The fourth-order valence-corrected chi connectivity index (χ4v) is 3.85. The van der Waals surface area contributed by atoms with Gasteiger partial charge in [-0.3, -0.25) is 4.79 Å². The van der Waals surface area contributed by atoms with Gasteiger partial charge in [0.1, 0.15) is 0 Å². The Hall–Kier alpha value is -2.86. The lowest BCUT2D eigenvalue weighted by molar-refractivity contribution is -0.118. The topological polar surface area (TPSA) is 69.6 Å². The Labute approximate surface area is 155 Å². The summed E-state index contributed by atoms with van der Waals surface area (Å²) in [4.78, 5) is 15.2. The van der Waals surface area contributed by atoms with E-state index in [1.54, 1.807) is 6.21 Å². The van der Waals surface area contributed by atoms with E-state index in [0.717, 1.165) is 34.1 Å². The fraction of sp³-hybridized carbons (Fsp3) is 0.150. The van der Waals surface area contributed by atoms with Crippen LogP contribution in [0.15, 0.2) is 64.8 Å². The van der Waals surface area contributed by atoms with Crippen molar-refractivity contribution >= 4 is 40.0 Å². The first-order valence-corrected chi connectivity index (χ1v) is 9.39. The lowest BCUT2D eigenvalue weighted by atomic mass is 10.1. The predicted molar refractivity (Wildman–Crippen MR) is 109 cm³/mol. The molecule has 0 spiro atoms. The van der Waals surface area contributed by atoms with Crippen LogP contribution in [0.2, 0.25) is 0 Å². The van der Waals surface area contributed by atoms with Gasteiger partial charge in [-0.05, 0) is 18.1 Å². The van der Waals surface area contributed by atoms with E-state index in [9.17, 15) is 4.79 Å². The summed E-state index contributed by atoms with van der Waals surface area (Å²) in [5.41, 5.74) is 4.13. The van der Waals surface area contributed by atoms with Gasteiger partial charge in [0.25, 0.3) is 0 Å². The van der Waals surface area contributed by atoms with Crippen LogP contribution < -0.4 is 5.32 Å². The number of rotatable bonds is 4. The highest BCUT2D eigenvalue weighted by molar-refractivity contribution is 8.15. The summed E-state index contributed by atoms with van der Waals surface area (Å²) in [5.74, 6) is 0.00326. The van der Waals surface area contributed by atoms with Crippen LogP contribution in [0.1, 0.15) is 18.9 Å². The molecule has 1 atom stereocenters. The quantitative estimate of drug-likeness (QED) is 0.540. The van der Waals surface area contributed by atoms with Crippen molar-refractivity contribution in [2.75, 3.05) is 0 Å². The van der Waals surface area contributed by atoms with Crippen molar-refractivity contribution in [3.05, 3.63) is 60.2 Å². The Balaban J connectivity index is 1.71. The normalized spacial score (nSPS) is 18.9. The van der Waals surface area contributed by atoms with Gasteiger partial charge in [-0.1, -0.05) is 67.2 Å². The summed E-state index contributed by atoms with van der Waals surface area (Å²) in [6.45, 7) is 1.99. The van der Waals surface area contributed by atoms with Crippen LogP contribution in [0.4, 0.5) is 0 Å². The molecule has 4 rings (SSSR count). The van der Waals surface area contributed by atoms with Gasteiger partial charge in [0.15, 0.2) is 5.17 Å². The second kappa shape index (κ2) is 7.17. The number of thioether (sulfide) groups is 1. The van der Waals surface area contributed by atoms with Crippen LogP contribution in [0, 0.1) is 0 Å². The number of aromatic nitrogens is 1. The Bertz CT molecular complexity index is 1010. The first-order chi connectivity index (χ1) is 12.8. The Morgan fingerprint density at radius 3 is 2.65 bits per heavy atom. The van der Waals surface area contributed by atoms with Crippen molar-refractivity contribution < 1.29 is 4.79 Å². The van der Waals surface area contributed by atoms with Crippen molar-refractivity contribution in [1.29, 1.82) is 0 Å². The molecule has 0 radical (unpaired) electrons. The number of hydrogen-bond acceptors (Lipinski definition) is 4. The maximum absolute atomic E-state index is 11.8. The van der Waals surface area contributed by atoms with Gasteiger partial charge in [0, 0.05) is 16.5 Å². The van der Waals surface area contributed by atoms with Crippen LogP contribution in [-0.2, 0) is 4.79 Å². The van der Waals surface area contributed by atoms with Gasteiger partial charge in [-0.25, -0.2) is 0 Å². The molecule has 0 aliphatic carbocycles. The first kappa shape index (κ1) is 16.6. The molecule has 1 aliphatic rings. The number of carbonyl (C=O) groups excluding carboxylic acids is 1. The minimum absolute atomic E-state index is 0.00326. The number of H-pyrrole nitrogens is 1. The number of benzene rings is 2. The fourth-order valence-electron chi connectivity index (χ4n) is 2.99. The molecule has 5 nitrogen and oxygen atoms in total. The number of amides is 1. The van der Waals surface area contributed by atoms with E-state index in [4.69, 9.17) is 0 Å². The molecule has 1 fully saturated rings. The maximum Gasteiger partial charge on any atom is 0.239 e. The minimum Gasteiger partial charge on any atom is -0.354 e. The van der Waals surface area contributed by atoms with Crippen molar-refractivity contribution in [1.82, 2.24) is 10.3 Å². The molecule has 26 heavy (non-hydrogen) atoms. The molecule has 1 saturated heterocycles. The van der Waals surface area contributed by atoms with Gasteiger partial charge in [0.05, 0.1) is 17.2 Å². The summed E-state index contributed by atoms with van der Waals surface area (Å²) in [6.07, 6.45) is 2.53. The molecule has 0 bridgehead atoms. The summed E-state index contributed by atoms with van der Waals surface area (Å²) < 4.78 is 0. The molecule has 2 aromatic carbocycles. The van der Waals surface area contributed by atoms with E-state index in [1.807, 2.05) is 43.3 Å². The highest BCUT2D eigenvalue weighted by atomic mass is 32.2. The third-order valence-electron chi connectivity index (χ3n) is 4.29. The zero-order valence-corrected chi connectivity index (χ0v) is 15.1. The smallest absolute Gasteiger partial charge is 0.239 e. The number of aromatic amines is 1. The molecule has 1 aromatic heterocycles. The number of carbonyl (C=O) groups is 1. The molecule has 1 unspecified atom stereocenters. The van der Waals surface area contributed by atoms with Crippen LogP contribution in [0.25, 0.3) is 22.2 Å². The second-order valence-corrected chi connectivity index (χ2v) is 7.17. The van der Waals surface area contributed by atoms with E-state index in [2.05, 4.69) is 38.7 Å². The molecule has 1 amide bonds. The average molecular weight is 362 g/mol. The lowest BCUT2D eigenvalue weighted by Crippen LogP contribution is -2.24. The third-order valence-corrected chi connectivity index (χ3v) is 5.53. The predicted octanol–water partition coefficient (Wildman–Crippen LogP) is 4.17. The molecular weight excluding hydrogens is 344 g/mol. The zero-order chi connectivity index (χ0) is 17.9. The summed E-state index contributed by atoms with van der Waals surface area (Å²) in [6, 6.07) is 18.3. The lowest BCUT2D eigenvalue weighted by Gasteiger charge is -2.00. The van der Waals surface area contributed by atoms with Gasteiger partial charge in [-0.15, -0.1) is 5.10 Å². The maximum atomic E-state index is 11.8. The van der Waals surface area contributed by atoms with Gasteiger partial charge in [-0.2, -0.15) is 5.10 Å². The zero-order valence-electron chi connectivity index (χ0n) is 14.3. The molecule has 3 aromatic rings. The van der Waals surface area contributed by atoms with Crippen LogP contribution in [0.3, 0.4) is 0 Å². The Morgan fingerprint density at radius 2 is 1.88 bits per heavy atom. The van der Waals surface area contributed by atoms with Gasteiger partial charge in [0.2, 0.25) is 5.91 Å². The number of nitrogens with one attached hydrogen (secondary N) is 2. The molecule has 2 heterocycles. The van der Waals surface area contributed by atoms with Crippen molar-refractivity contribution in [2.24, 2.45) is 10.2 Å². The number of hydrogen-bond donors (Lipinski definition) is 2. The van der Waals surface area contributed by atoms with E-state index in [0.29, 0.717) is 5.17 Å². The third kappa shape index (κ3) is 3.15. The largest absolute Gasteiger partial charge is 0.354 e.